The van der Waals surface area contributed by atoms with E-state index in [0.29, 0.717) is 17.0 Å². The maximum absolute atomic E-state index is 11.6. The molecule has 0 bridgehead atoms. The second-order valence-electron chi connectivity index (χ2n) is 4.65. The number of benzene rings is 1. The highest BCUT2D eigenvalue weighted by Crippen LogP contribution is 2.22. The SMILES string of the molecule is C=CC(SC(=S)c1ccc(C(=O)OCC)cc1)[SiH](C)C. The van der Waals surface area contributed by atoms with Crippen LogP contribution < -0.4 is 0 Å². The Morgan fingerprint density at radius 2 is 1.95 bits per heavy atom. The van der Waals surface area contributed by atoms with Gasteiger partial charge >= 0.3 is 5.97 Å². The molecule has 0 aliphatic rings. The molecule has 1 rings (SSSR count). The maximum Gasteiger partial charge on any atom is 0.338 e. The molecule has 0 spiro atoms. The minimum absolute atomic E-state index is 0.295. The lowest BCUT2D eigenvalue weighted by atomic mass is 10.1. The van der Waals surface area contributed by atoms with E-state index in [-0.39, 0.29) is 5.97 Å². The Hall–Kier alpha value is -0.913. The van der Waals surface area contributed by atoms with Crippen LogP contribution in [0.25, 0.3) is 0 Å². The smallest absolute Gasteiger partial charge is 0.338 e. The molecule has 0 saturated carbocycles. The predicted molar refractivity (Wildman–Crippen MR) is 94.6 cm³/mol. The Bertz CT molecular complexity index is 483. The Balaban J connectivity index is 2.75. The first-order chi connectivity index (χ1) is 9.49. The van der Waals surface area contributed by atoms with Crippen LogP contribution in [0.4, 0.5) is 0 Å². The van der Waals surface area contributed by atoms with Gasteiger partial charge in [-0.3, -0.25) is 0 Å². The standard InChI is InChI=1S/C15H20O2S2Si/c1-5-13(20(3)4)19-15(18)12-9-7-11(8-10-12)14(16)17-6-2/h5,7-10,13,20H,1,6H2,2-4H3. The number of ether oxygens (including phenoxy) is 1. The molecule has 0 aliphatic carbocycles. The monoisotopic (exact) mass is 324 g/mol. The molecule has 0 aliphatic heterocycles. The van der Waals surface area contributed by atoms with Crippen molar-refractivity contribution in [3.05, 3.63) is 48.0 Å². The number of thioether (sulfide) groups is 1. The summed E-state index contributed by atoms with van der Waals surface area (Å²) in [6.07, 6.45) is 1.99. The van der Waals surface area contributed by atoms with Crippen molar-refractivity contribution in [1.29, 1.82) is 0 Å². The van der Waals surface area contributed by atoms with Crippen LogP contribution in [0, 0.1) is 0 Å². The number of esters is 1. The molecule has 1 unspecified atom stereocenters. The molecule has 1 aromatic rings. The molecule has 0 aromatic heterocycles. The number of carbonyl (C=O) groups excluding carboxylic acids is 1. The first-order valence-electron chi connectivity index (χ1n) is 6.60. The summed E-state index contributed by atoms with van der Waals surface area (Å²) in [5.74, 6) is -0.295. The molecular formula is C15H20O2S2Si. The van der Waals surface area contributed by atoms with Gasteiger partial charge in [0.25, 0.3) is 0 Å². The molecule has 1 atom stereocenters. The second kappa shape index (κ2) is 8.39. The molecule has 0 saturated heterocycles. The highest BCUT2D eigenvalue weighted by molar-refractivity contribution is 8.25. The van der Waals surface area contributed by atoms with E-state index < -0.39 is 8.80 Å². The van der Waals surface area contributed by atoms with E-state index in [1.54, 1.807) is 30.8 Å². The summed E-state index contributed by atoms with van der Waals surface area (Å²) < 4.78 is 5.81. The molecule has 20 heavy (non-hydrogen) atoms. The van der Waals surface area contributed by atoms with Crippen molar-refractivity contribution in [3.8, 4) is 0 Å². The summed E-state index contributed by atoms with van der Waals surface area (Å²) in [6.45, 7) is 10.6. The van der Waals surface area contributed by atoms with Gasteiger partial charge in [-0.1, -0.05) is 43.5 Å². The van der Waals surface area contributed by atoms with Crippen LogP contribution in [0.2, 0.25) is 13.1 Å². The van der Waals surface area contributed by atoms with Crippen molar-refractivity contribution >= 4 is 42.9 Å². The lowest BCUT2D eigenvalue weighted by Gasteiger charge is -2.15. The molecule has 0 heterocycles. The van der Waals surface area contributed by atoms with Gasteiger partial charge in [-0.15, -0.1) is 18.3 Å². The van der Waals surface area contributed by atoms with Crippen molar-refractivity contribution < 1.29 is 9.53 Å². The molecule has 1 aromatic carbocycles. The third kappa shape index (κ3) is 4.88. The quantitative estimate of drug-likeness (QED) is 0.344. The molecule has 0 radical (unpaired) electrons. The van der Waals surface area contributed by atoms with Crippen molar-refractivity contribution in [1.82, 2.24) is 0 Å². The highest BCUT2D eigenvalue weighted by atomic mass is 32.2. The van der Waals surface area contributed by atoms with Crippen molar-refractivity contribution in [3.63, 3.8) is 0 Å². The molecule has 5 heteroatoms. The summed E-state index contributed by atoms with van der Waals surface area (Å²) in [5.41, 5.74) is 1.53. The topological polar surface area (TPSA) is 26.3 Å². The van der Waals surface area contributed by atoms with Crippen LogP contribution in [0.15, 0.2) is 36.9 Å². The van der Waals surface area contributed by atoms with E-state index in [9.17, 15) is 4.79 Å². The number of hydrogen-bond donors (Lipinski definition) is 0. The lowest BCUT2D eigenvalue weighted by molar-refractivity contribution is 0.0526. The number of carbonyl (C=O) groups is 1. The van der Waals surface area contributed by atoms with Gasteiger partial charge in [0.15, 0.2) is 0 Å². The van der Waals surface area contributed by atoms with Gasteiger partial charge < -0.3 is 4.74 Å². The van der Waals surface area contributed by atoms with E-state index in [0.717, 1.165) is 9.76 Å². The number of thiocarbonyl (C=S) groups is 1. The minimum Gasteiger partial charge on any atom is -0.462 e. The average molecular weight is 325 g/mol. The van der Waals surface area contributed by atoms with Crippen molar-refractivity contribution in [2.24, 2.45) is 0 Å². The minimum atomic E-state index is -0.817. The Morgan fingerprint density at radius 1 is 1.40 bits per heavy atom. The average Bonchev–Trinajstić information content (AvgIpc) is 2.44. The van der Waals surface area contributed by atoms with Gasteiger partial charge in [0.05, 0.1) is 25.2 Å². The molecule has 108 valence electrons. The van der Waals surface area contributed by atoms with E-state index in [1.807, 2.05) is 18.2 Å². The fourth-order valence-corrected chi connectivity index (χ4v) is 5.03. The molecule has 0 amide bonds. The molecule has 0 N–H and O–H groups in total. The second-order valence-corrected chi connectivity index (χ2v) is 10.2. The third-order valence-electron chi connectivity index (χ3n) is 2.76. The van der Waals surface area contributed by atoms with Crippen LogP contribution in [-0.2, 0) is 4.74 Å². The van der Waals surface area contributed by atoms with E-state index in [2.05, 4.69) is 19.7 Å². The van der Waals surface area contributed by atoms with Crippen molar-refractivity contribution in [2.75, 3.05) is 6.61 Å². The summed E-state index contributed by atoms with van der Waals surface area (Å²) in [6, 6.07) is 7.28. The van der Waals surface area contributed by atoms with E-state index >= 15 is 0 Å². The number of hydrogen-bond acceptors (Lipinski definition) is 4. The van der Waals surface area contributed by atoms with Gasteiger partial charge in [-0.25, -0.2) is 4.79 Å². The van der Waals surface area contributed by atoms with Crippen LogP contribution in [-0.4, -0.2) is 30.4 Å². The summed E-state index contributed by atoms with van der Waals surface area (Å²) in [4.78, 5) is 12.0. The first kappa shape index (κ1) is 17.1. The zero-order chi connectivity index (χ0) is 15.1. The molecule has 2 nitrogen and oxygen atoms in total. The van der Waals surface area contributed by atoms with Crippen LogP contribution in [0.1, 0.15) is 22.8 Å². The zero-order valence-electron chi connectivity index (χ0n) is 12.1. The summed E-state index contributed by atoms with van der Waals surface area (Å²) in [5, 5.41) is 0. The summed E-state index contributed by atoms with van der Waals surface area (Å²) >= 11 is 7.15. The van der Waals surface area contributed by atoms with Gasteiger partial charge in [0.2, 0.25) is 0 Å². The van der Waals surface area contributed by atoms with Gasteiger partial charge in [-0.2, -0.15) is 0 Å². The lowest BCUT2D eigenvalue weighted by Crippen LogP contribution is -2.20. The fourth-order valence-electron chi connectivity index (χ4n) is 1.60. The largest absolute Gasteiger partial charge is 0.462 e. The zero-order valence-corrected chi connectivity index (χ0v) is 14.9. The molecular weight excluding hydrogens is 304 g/mol. The van der Waals surface area contributed by atoms with E-state index in [1.165, 1.54) is 0 Å². The van der Waals surface area contributed by atoms with Crippen molar-refractivity contribution in [2.45, 2.75) is 24.9 Å². The summed E-state index contributed by atoms with van der Waals surface area (Å²) in [7, 11) is -0.817. The Labute approximate surface area is 132 Å². The van der Waals surface area contributed by atoms with E-state index in [4.69, 9.17) is 17.0 Å². The van der Waals surface area contributed by atoms with Crippen LogP contribution >= 0.6 is 24.0 Å². The highest BCUT2D eigenvalue weighted by Gasteiger charge is 2.15. The fraction of sp³-hybridized carbons (Fsp3) is 0.333. The number of rotatable bonds is 6. The Kier molecular flexibility index (Phi) is 7.19. The van der Waals surface area contributed by atoms with Crippen LogP contribution in [0.5, 0.6) is 0 Å². The van der Waals surface area contributed by atoms with Gasteiger partial charge in [0, 0.05) is 4.87 Å². The molecule has 0 fully saturated rings. The van der Waals surface area contributed by atoms with Gasteiger partial charge in [0.1, 0.15) is 0 Å². The third-order valence-corrected chi connectivity index (χ3v) is 7.83. The van der Waals surface area contributed by atoms with Crippen LogP contribution in [0.3, 0.4) is 0 Å². The first-order valence-corrected chi connectivity index (χ1v) is 10.9. The predicted octanol–water partition coefficient (Wildman–Crippen LogP) is 3.85. The maximum atomic E-state index is 11.6. The Morgan fingerprint density at radius 3 is 2.40 bits per heavy atom. The normalized spacial score (nSPS) is 12.0. The van der Waals surface area contributed by atoms with Gasteiger partial charge in [-0.05, 0) is 24.6 Å².